The minimum Gasteiger partial charge on any atom is -0.456 e. The van der Waals surface area contributed by atoms with Crippen molar-refractivity contribution in [3.63, 3.8) is 0 Å². The molecule has 6 heteroatoms. The molecule has 112 valence electrons. The third-order valence-electron chi connectivity index (χ3n) is 3.13. The molecule has 6 nitrogen and oxygen atoms in total. The highest BCUT2D eigenvalue weighted by Gasteiger charge is 2.25. The van der Waals surface area contributed by atoms with E-state index in [9.17, 15) is 9.59 Å². The minimum absolute atomic E-state index is 0.278. The Hall–Kier alpha value is -2.33. The van der Waals surface area contributed by atoms with Gasteiger partial charge in [0.1, 0.15) is 5.60 Å². The second-order valence-electron chi connectivity index (χ2n) is 5.82. The van der Waals surface area contributed by atoms with Crippen molar-refractivity contribution in [3.05, 3.63) is 38.3 Å². The van der Waals surface area contributed by atoms with Gasteiger partial charge in [-0.3, -0.25) is 4.79 Å². The van der Waals surface area contributed by atoms with Gasteiger partial charge in [0, 0.05) is 16.2 Å². The molecular formula is C15H19N3O3. The van der Waals surface area contributed by atoms with Crippen LogP contribution in [0.25, 0.3) is 10.4 Å². The van der Waals surface area contributed by atoms with Gasteiger partial charge >= 0.3 is 5.97 Å². The molecule has 0 radical (unpaired) electrons. The molecule has 0 unspecified atom stereocenters. The first-order chi connectivity index (χ1) is 9.64. The fourth-order valence-electron chi connectivity index (χ4n) is 2.23. The van der Waals surface area contributed by atoms with Crippen LogP contribution in [-0.4, -0.2) is 17.9 Å². The summed E-state index contributed by atoms with van der Waals surface area (Å²) in [5, 5.41) is 3.61. The quantitative estimate of drug-likeness (QED) is 0.272. The molecule has 1 aromatic rings. The van der Waals surface area contributed by atoms with Crippen LogP contribution in [0.2, 0.25) is 0 Å². The molecule has 0 heterocycles. The summed E-state index contributed by atoms with van der Waals surface area (Å²) in [7, 11) is 0. The van der Waals surface area contributed by atoms with Crippen LogP contribution >= 0.6 is 0 Å². The molecule has 0 aliphatic rings. The Labute approximate surface area is 123 Å². The zero-order valence-electron chi connectivity index (χ0n) is 13.1. The highest BCUT2D eigenvalue weighted by Crippen LogP contribution is 2.33. The van der Waals surface area contributed by atoms with Crippen molar-refractivity contribution >= 4 is 17.9 Å². The molecule has 0 aliphatic heterocycles. The minimum atomic E-state index is -0.652. The Morgan fingerprint density at radius 2 is 1.76 bits per heavy atom. The fraction of sp³-hybridized carbons (Fsp3) is 0.467. The van der Waals surface area contributed by atoms with Crippen LogP contribution in [0.5, 0.6) is 0 Å². The van der Waals surface area contributed by atoms with Gasteiger partial charge in [0.05, 0.1) is 5.56 Å². The number of esters is 1. The number of azide groups is 1. The number of carbonyl (C=O) groups excluding carboxylic acids is 2. The van der Waals surface area contributed by atoms with Crippen LogP contribution in [0.4, 0.5) is 5.69 Å². The summed E-state index contributed by atoms with van der Waals surface area (Å²) in [6.45, 7) is 10.3. The van der Waals surface area contributed by atoms with E-state index in [4.69, 9.17) is 10.3 Å². The molecule has 0 N–H and O–H groups in total. The third kappa shape index (κ3) is 3.41. The summed E-state index contributed by atoms with van der Waals surface area (Å²) in [5.74, 6) is -0.532. The van der Waals surface area contributed by atoms with Gasteiger partial charge in [-0.05, 0) is 63.8 Å². The van der Waals surface area contributed by atoms with Gasteiger partial charge in [0.25, 0.3) is 0 Å². The van der Waals surface area contributed by atoms with Crippen LogP contribution in [0.15, 0.2) is 5.11 Å². The summed E-state index contributed by atoms with van der Waals surface area (Å²) in [5.41, 5.74) is 10.6. The zero-order valence-corrected chi connectivity index (χ0v) is 13.1. The Bertz CT molecular complexity index is 651. The number of hydrogen-bond donors (Lipinski definition) is 0. The van der Waals surface area contributed by atoms with Crippen molar-refractivity contribution in [2.45, 2.75) is 47.1 Å². The second kappa shape index (κ2) is 5.97. The molecule has 0 spiro atoms. The summed E-state index contributed by atoms with van der Waals surface area (Å²) in [4.78, 5) is 26.4. The largest absolute Gasteiger partial charge is 0.456 e. The van der Waals surface area contributed by atoms with Crippen molar-refractivity contribution in [3.8, 4) is 0 Å². The number of rotatable bonds is 3. The lowest BCUT2D eigenvalue weighted by Crippen LogP contribution is -2.25. The molecule has 0 aliphatic carbocycles. The van der Waals surface area contributed by atoms with Gasteiger partial charge in [0.2, 0.25) is 0 Å². The van der Waals surface area contributed by atoms with Crippen molar-refractivity contribution in [1.29, 1.82) is 0 Å². The van der Waals surface area contributed by atoms with Gasteiger partial charge in [-0.1, -0.05) is 5.11 Å². The topological polar surface area (TPSA) is 92.1 Å². The zero-order chi connectivity index (χ0) is 16.4. The van der Waals surface area contributed by atoms with Crippen LogP contribution in [0.1, 0.15) is 58.2 Å². The average molecular weight is 289 g/mol. The standard InChI is InChI=1S/C15H19N3O3/c1-8-11(7-19)9(2)13(17-18-16)10(3)12(8)14(20)21-15(4,5)6/h7H,1-6H3. The van der Waals surface area contributed by atoms with Gasteiger partial charge in [-0.25, -0.2) is 4.79 Å². The molecule has 1 aromatic carbocycles. The maximum absolute atomic E-state index is 12.4. The lowest BCUT2D eigenvalue weighted by molar-refractivity contribution is 0.00680. The van der Waals surface area contributed by atoms with Crippen LogP contribution in [0.3, 0.4) is 0 Å². The summed E-state index contributed by atoms with van der Waals surface area (Å²) >= 11 is 0. The van der Waals surface area contributed by atoms with E-state index in [0.717, 1.165) is 0 Å². The molecular weight excluding hydrogens is 270 g/mol. The molecule has 0 aromatic heterocycles. The van der Waals surface area contributed by atoms with Gasteiger partial charge in [-0.15, -0.1) is 0 Å². The molecule has 0 saturated heterocycles. The first kappa shape index (κ1) is 16.7. The monoisotopic (exact) mass is 289 g/mol. The smallest absolute Gasteiger partial charge is 0.339 e. The SMILES string of the molecule is Cc1c(C=O)c(C)c(C(=O)OC(C)(C)C)c(C)c1N=[N+]=[N-]. The molecule has 0 fully saturated rings. The number of carbonyl (C=O) groups is 2. The number of benzene rings is 1. The summed E-state index contributed by atoms with van der Waals surface area (Å²) in [6, 6.07) is 0. The number of ether oxygens (including phenoxy) is 1. The fourth-order valence-corrected chi connectivity index (χ4v) is 2.23. The maximum atomic E-state index is 12.4. The van der Waals surface area contributed by atoms with Crippen molar-refractivity contribution in [2.75, 3.05) is 0 Å². The van der Waals surface area contributed by atoms with E-state index in [1.54, 1.807) is 41.5 Å². The molecule has 0 amide bonds. The van der Waals surface area contributed by atoms with Gasteiger partial charge < -0.3 is 4.74 Å². The number of nitrogens with zero attached hydrogens (tertiary/aromatic N) is 3. The lowest BCUT2D eigenvalue weighted by atomic mass is 9.92. The Morgan fingerprint density at radius 3 is 2.19 bits per heavy atom. The predicted octanol–water partition coefficient (Wildman–Crippen LogP) is 4.32. The average Bonchev–Trinajstić information content (AvgIpc) is 2.33. The molecule has 0 atom stereocenters. The van der Waals surface area contributed by atoms with Crippen molar-refractivity contribution in [2.24, 2.45) is 5.11 Å². The first-order valence-electron chi connectivity index (χ1n) is 6.51. The molecule has 0 bridgehead atoms. The van der Waals surface area contributed by atoms with E-state index < -0.39 is 11.6 Å². The highest BCUT2D eigenvalue weighted by atomic mass is 16.6. The molecule has 21 heavy (non-hydrogen) atoms. The van der Waals surface area contributed by atoms with Crippen molar-refractivity contribution < 1.29 is 14.3 Å². The Balaban J connectivity index is 3.66. The van der Waals surface area contributed by atoms with Crippen molar-refractivity contribution in [1.82, 2.24) is 0 Å². The van der Waals surface area contributed by atoms with E-state index in [1.165, 1.54) is 0 Å². The maximum Gasteiger partial charge on any atom is 0.339 e. The Morgan fingerprint density at radius 1 is 1.19 bits per heavy atom. The predicted molar refractivity (Wildman–Crippen MR) is 80.0 cm³/mol. The van der Waals surface area contributed by atoms with Gasteiger partial charge in [-0.2, -0.15) is 0 Å². The lowest BCUT2D eigenvalue weighted by Gasteiger charge is -2.22. The van der Waals surface area contributed by atoms with Gasteiger partial charge in [0.15, 0.2) is 6.29 Å². The van der Waals surface area contributed by atoms with Crippen LogP contribution < -0.4 is 0 Å². The normalized spacial score (nSPS) is 10.8. The first-order valence-corrected chi connectivity index (χ1v) is 6.51. The van der Waals surface area contributed by atoms with Crippen LogP contribution in [0, 0.1) is 20.8 Å². The van der Waals surface area contributed by atoms with E-state index >= 15 is 0 Å². The number of aldehydes is 1. The Kier molecular flexibility index (Phi) is 4.76. The third-order valence-corrected chi connectivity index (χ3v) is 3.13. The number of hydrogen-bond acceptors (Lipinski definition) is 4. The van der Waals surface area contributed by atoms with E-state index in [-0.39, 0.29) is 5.56 Å². The van der Waals surface area contributed by atoms with E-state index in [0.29, 0.717) is 34.2 Å². The van der Waals surface area contributed by atoms with Crippen LogP contribution in [-0.2, 0) is 4.74 Å². The summed E-state index contributed by atoms with van der Waals surface area (Å²) in [6.07, 6.45) is 0.661. The van der Waals surface area contributed by atoms with E-state index in [1.807, 2.05) is 0 Å². The highest BCUT2D eigenvalue weighted by molar-refractivity contribution is 5.98. The molecule has 0 saturated carbocycles. The summed E-state index contributed by atoms with van der Waals surface area (Å²) < 4.78 is 5.37. The molecule has 1 rings (SSSR count). The second-order valence-corrected chi connectivity index (χ2v) is 5.82. The van der Waals surface area contributed by atoms with E-state index in [2.05, 4.69) is 10.0 Å².